The third-order valence-electron chi connectivity index (χ3n) is 1.75. The summed E-state index contributed by atoms with van der Waals surface area (Å²) in [5.41, 5.74) is 1.04. The van der Waals surface area contributed by atoms with Crippen LogP contribution in [0, 0.1) is 11.6 Å². The molecule has 0 nitrogen and oxygen atoms in total. The summed E-state index contributed by atoms with van der Waals surface area (Å²) in [5.74, 6) is -0.925. The van der Waals surface area contributed by atoms with Crippen LogP contribution in [0.1, 0.15) is 18.1 Å². The summed E-state index contributed by atoms with van der Waals surface area (Å²) in [6.07, 6.45) is 0.536. The quantitative estimate of drug-likeness (QED) is 0.628. The Bertz CT molecular complexity index is 284. The first-order chi connectivity index (χ1) is 5.69. The zero-order valence-electron chi connectivity index (χ0n) is 6.70. The maximum Gasteiger partial charge on any atom is 0.129 e. The number of alkyl halides is 1. The lowest BCUT2D eigenvalue weighted by Crippen LogP contribution is -1.96. The van der Waals surface area contributed by atoms with Crippen LogP contribution in [0.25, 0.3) is 0 Å². The Morgan fingerprint density at radius 2 is 2.00 bits per heavy atom. The Labute approximate surface area is 75.2 Å². The van der Waals surface area contributed by atoms with E-state index in [9.17, 15) is 8.78 Å². The molecule has 0 aliphatic carbocycles. The zero-order valence-corrected chi connectivity index (χ0v) is 7.46. The van der Waals surface area contributed by atoms with Gasteiger partial charge in [0.05, 0.1) is 0 Å². The van der Waals surface area contributed by atoms with Crippen LogP contribution in [-0.4, -0.2) is 0 Å². The van der Waals surface area contributed by atoms with Crippen LogP contribution in [0.3, 0.4) is 0 Å². The molecule has 1 aromatic carbocycles. The first-order valence-corrected chi connectivity index (χ1v) is 4.25. The Morgan fingerprint density at radius 1 is 1.33 bits per heavy atom. The molecule has 0 saturated carbocycles. The van der Waals surface area contributed by atoms with Crippen molar-refractivity contribution in [2.75, 3.05) is 0 Å². The van der Waals surface area contributed by atoms with Crippen molar-refractivity contribution < 1.29 is 8.78 Å². The predicted molar refractivity (Wildman–Crippen MR) is 45.3 cm³/mol. The lowest BCUT2D eigenvalue weighted by Gasteiger charge is -2.05. The number of benzene rings is 1. The monoisotopic (exact) mass is 190 g/mol. The Balaban J connectivity index is 3.24. The van der Waals surface area contributed by atoms with Gasteiger partial charge in [0.15, 0.2) is 0 Å². The molecule has 0 amide bonds. The van der Waals surface area contributed by atoms with Crippen LogP contribution < -0.4 is 0 Å². The number of halogens is 3. The third kappa shape index (κ3) is 1.75. The second-order valence-corrected chi connectivity index (χ2v) is 2.78. The standard InChI is InChI=1S/C9H9ClF2/c1-2-8-6(5-10)3-7(11)4-9(8)12/h3-4H,2,5H2,1H3. The number of rotatable bonds is 2. The normalized spacial score (nSPS) is 10.3. The first kappa shape index (κ1) is 9.46. The highest BCUT2D eigenvalue weighted by Crippen LogP contribution is 2.18. The second kappa shape index (κ2) is 3.85. The molecule has 12 heavy (non-hydrogen) atoms. The molecule has 0 atom stereocenters. The number of hydrogen-bond donors (Lipinski definition) is 0. The molecular formula is C9H9ClF2. The fraction of sp³-hybridized carbons (Fsp3) is 0.333. The smallest absolute Gasteiger partial charge is 0.129 e. The van der Waals surface area contributed by atoms with Crippen LogP contribution >= 0.6 is 11.6 Å². The van der Waals surface area contributed by atoms with Crippen molar-refractivity contribution in [3.8, 4) is 0 Å². The van der Waals surface area contributed by atoms with Gasteiger partial charge in [0.25, 0.3) is 0 Å². The van der Waals surface area contributed by atoms with E-state index >= 15 is 0 Å². The highest BCUT2D eigenvalue weighted by molar-refractivity contribution is 6.17. The molecule has 0 aromatic heterocycles. The summed E-state index contributed by atoms with van der Waals surface area (Å²) < 4.78 is 25.6. The second-order valence-electron chi connectivity index (χ2n) is 2.51. The van der Waals surface area contributed by atoms with Gasteiger partial charge in [0.2, 0.25) is 0 Å². The van der Waals surface area contributed by atoms with Gasteiger partial charge in [0, 0.05) is 11.9 Å². The third-order valence-corrected chi connectivity index (χ3v) is 2.04. The molecule has 0 N–H and O–H groups in total. The molecule has 0 bridgehead atoms. The summed E-state index contributed by atoms with van der Waals surface area (Å²) >= 11 is 5.52. The van der Waals surface area contributed by atoms with Gasteiger partial charge in [-0.15, -0.1) is 11.6 Å². The van der Waals surface area contributed by atoms with Gasteiger partial charge in [-0.2, -0.15) is 0 Å². The Kier molecular flexibility index (Phi) is 3.04. The van der Waals surface area contributed by atoms with E-state index in [1.54, 1.807) is 0 Å². The summed E-state index contributed by atoms with van der Waals surface area (Å²) in [6, 6.07) is 2.16. The first-order valence-electron chi connectivity index (χ1n) is 3.71. The molecule has 0 fully saturated rings. The summed E-state index contributed by atoms with van der Waals surface area (Å²) in [5, 5.41) is 0. The summed E-state index contributed by atoms with van der Waals surface area (Å²) in [6.45, 7) is 1.81. The average molecular weight is 191 g/mol. The molecule has 0 spiro atoms. The van der Waals surface area contributed by atoms with Crippen molar-refractivity contribution in [3.63, 3.8) is 0 Å². The van der Waals surface area contributed by atoms with E-state index in [1.807, 2.05) is 6.92 Å². The van der Waals surface area contributed by atoms with Crippen molar-refractivity contribution >= 4 is 11.6 Å². The minimum absolute atomic E-state index is 0.151. The highest BCUT2D eigenvalue weighted by Gasteiger charge is 2.07. The van der Waals surface area contributed by atoms with E-state index in [4.69, 9.17) is 11.6 Å². The molecule has 0 radical (unpaired) electrons. The summed E-state index contributed by atoms with van der Waals surface area (Å²) in [4.78, 5) is 0. The average Bonchev–Trinajstić information content (AvgIpc) is 2.03. The molecule has 0 unspecified atom stereocenters. The molecular weight excluding hydrogens is 182 g/mol. The maximum absolute atomic E-state index is 13.0. The minimum atomic E-state index is -0.569. The van der Waals surface area contributed by atoms with Crippen molar-refractivity contribution in [1.82, 2.24) is 0 Å². The van der Waals surface area contributed by atoms with E-state index in [1.165, 1.54) is 6.07 Å². The van der Waals surface area contributed by atoms with Crippen LogP contribution in [0.15, 0.2) is 12.1 Å². The van der Waals surface area contributed by atoms with Crippen LogP contribution in [0.5, 0.6) is 0 Å². The van der Waals surface area contributed by atoms with Crippen molar-refractivity contribution in [2.24, 2.45) is 0 Å². The molecule has 0 heterocycles. The van der Waals surface area contributed by atoms with Gasteiger partial charge in [-0.1, -0.05) is 6.92 Å². The molecule has 0 aliphatic heterocycles. The van der Waals surface area contributed by atoms with Crippen LogP contribution in [0.4, 0.5) is 8.78 Å². The zero-order chi connectivity index (χ0) is 9.14. The van der Waals surface area contributed by atoms with Crippen molar-refractivity contribution in [1.29, 1.82) is 0 Å². The van der Waals surface area contributed by atoms with Gasteiger partial charge < -0.3 is 0 Å². The van der Waals surface area contributed by atoms with Crippen molar-refractivity contribution in [3.05, 3.63) is 34.9 Å². The van der Waals surface area contributed by atoms with E-state index in [2.05, 4.69) is 0 Å². The predicted octanol–water partition coefficient (Wildman–Crippen LogP) is 3.27. The fourth-order valence-corrected chi connectivity index (χ4v) is 1.41. The SMILES string of the molecule is CCc1c(F)cc(F)cc1CCl. The van der Waals surface area contributed by atoms with E-state index in [0.717, 1.165) is 6.07 Å². The molecule has 0 saturated heterocycles. The molecule has 1 aromatic rings. The minimum Gasteiger partial charge on any atom is -0.207 e. The maximum atomic E-state index is 13.0. The lowest BCUT2D eigenvalue weighted by molar-refractivity contribution is 0.570. The summed E-state index contributed by atoms with van der Waals surface area (Å²) in [7, 11) is 0. The highest BCUT2D eigenvalue weighted by atomic mass is 35.5. The van der Waals surface area contributed by atoms with E-state index in [-0.39, 0.29) is 5.88 Å². The van der Waals surface area contributed by atoms with Crippen LogP contribution in [0.2, 0.25) is 0 Å². The van der Waals surface area contributed by atoms with Gasteiger partial charge in [-0.05, 0) is 23.6 Å². The van der Waals surface area contributed by atoms with E-state index < -0.39 is 11.6 Å². The topological polar surface area (TPSA) is 0 Å². The van der Waals surface area contributed by atoms with Gasteiger partial charge in [-0.25, -0.2) is 8.78 Å². The molecule has 66 valence electrons. The van der Waals surface area contributed by atoms with E-state index in [0.29, 0.717) is 17.5 Å². The van der Waals surface area contributed by atoms with Gasteiger partial charge in [0.1, 0.15) is 11.6 Å². The molecule has 0 aliphatic rings. The lowest BCUT2D eigenvalue weighted by atomic mass is 10.1. The van der Waals surface area contributed by atoms with Crippen molar-refractivity contribution in [2.45, 2.75) is 19.2 Å². The molecule has 3 heteroatoms. The number of hydrogen-bond acceptors (Lipinski definition) is 0. The van der Waals surface area contributed by atoms with Crippen LogP contribution in [-0.2, 0) is 12.3 Å². The Hall–Kier alpha value is -0.630. The Morgan fingerprint density at radius 3 is 2.50 bits per heavy atom. The fourth-order valence-electron chi connectivity index (χ4n) is 1.17. The van der Waals surface area contributed by atoms with Gasteiger partial charge in [-0.3, -0.25) is 0 Å². The molecule has 1 rings (SSSR count). The largest absolute Gasteiger partial charge is 0.207 e. The van der Waals surface area contributed by atoms with Gasteiger partial charge >= 0.3 is 0 Å².